The van der Waals surface area contributed by atoms with Gasteiger partial charge >= 0.3 is 0 Å². The molecule has 0 fully saturated rings. The molecule has 23 heavy (non-hydrogen) atoms. The van der Waals surface area contributed by atoms with Crippen molar-refractivity contribution in [2.24, 2.45) is 5.92 Å². The number of benzene rings is 2. The molecule has 1 amide bonds. The number of rotatable bonds is 7. The molecule has 2 aromatic rings. The van der Waals surface area contributed by atoms with Crippen molar-refractivity contribution >= 4 is 17.7 Å². The van der Waals surface area contributed by atoms with Crippen LogP contribution in [0.5, 0.6) is 5.75 Å². The first-order chi connectivity index (χ1) is 11.1. The molecule has 0 aliphatic carbocycles. The molecule has 122 valence electrons. The Morgan fingerprint density at radius 1 is 1.17 bits per heavy atom. The molecule has 0 heterocycles. The van der Waals surface area contributed by atoms with Crippen LogP contribution >= 0.6 is 11.8 Å². The largest absolute Gasteiger partial charge is 0.493 e. The minimum atomic E-state index is -0.0889. The van der Waals surface area contributed by atoms with Crippen LogP contribution in [0.15, 0.2) is 53.4 Å². The molecule has 0 aliphatic heterocycles. The van der Waals surface area contributed by atoms with Crippen molar-refractivity contribution < 1.29 is 9.53 Å². The Hall–Kier alpha value is -1.94. The highest BCUT2D eigenvalue weighted by Gasteiger charge is 2.07. The van der Waals surface area contributed by atoms with Crippen LogP contribution in [0.25, 0.3) is 0 Å². The first-order valence-corrected chi connectivity index (χ1v) is 8.95. The van der Waals surface area contributed by atoms with Crippen molar-refractivity contribution in [2.75, 3.05) is 12.9 Å². The van der Waals surface area contributed by atoms with E-state index in [2.05, 4.69) is 31.3 Å². The Bertz CT molecular complexity index is 638. The smallest absolute Gasteiger partial charge is 0.251 e. The van der Waals surface area contributed by atoms with Gasteiger partial charge in [-0.3, -0.25) is 4.79 Å². The second-order valence-corrected chi connectivity index (χ2v) is 6.64. The lowest BCUT2D eigenvalue weighted by molar-refractivity contribution is 0.0950. The monoisotopic (exact) mass is 329 g/mol. The van der Waals surface area contributed by atoms with Gasteiger partial charge in [0.25, 0.3) is 5.91 Å². The molecule has 0 spiro atoms. The highest BCUT2D eigenvalue weighted by molar-refractivity contribution is 7.98. The van der Waals surface area contributed by atoms with Crippen molar-refractivity contribution in [3.8, 4) is 5.75 Å². The predicted molar refractivity (Wildman–Crippen MR) is 96.2 cm³/mol. The van der Waals surface area contributed by atoms with E-state index in [1.54, 1.807) is 23.9 Å². The molecule has 0 aliphatic rings. The number of ether oxygens (including phenoxy) is 1. The van der Waals surface area contributed by atoms with Crippen LogP contribution in [0.3, 0.4) is 0 Å². The molecule has 0 radical (unpaired) electrons. The number of carbonyl (C=O) groups excluding carboxylic acids is 1. The van der Waals surface area contributed by atoms with Gasteiger partial charge in [-0.25, -0.2) is 0 Å². The normalized spacial score (nSPS) is 10.6. The second-order valence-electron chi connectivity index (χ2n) is 5.76. The molecule has 1 N–H and O–H groups in total. The minimum absolute atomic E-state index is 0.0889. The zero-order valence-corrected chi connectivity index (χ0v) is 14.7. The fourth-order valence-electron chi connectivity index (χ4n) is 2.02. The zero-order valence-electron chi connectivity index (χ0n) is 13.8. The van der Waals surface area contributed by atoms with Gasteiger partial charge in [0.2, 0.25) is 0 Å². The molecule has 0 bridgehead atoms. The summed E-state index contributed by atoms with van der Waals surface area (Å²) in [6, 6.07) is 15.5. The summed E-state index contributed by atoms with van der Waals surface area (Å²) in [4.78, 5) is 13.5. The molecule has 0 unspecified atom stereocenters. The zero-order chi connectivity index (χ0) is 16.7. The van der Waals surface area contributed by atoms with Gasteiger partial charge < -0.3 is 10.1 Å². The summed E-state index contributed by atoms with van der Waals surface area (Å²) in [5.41, 5.74) is 1.70. The van der Waals surface area contributed by atoms with Gasteiger partial charge in [0.15, 0.2) is 0 Å². The van der Waals surface area contributed by atoms with E-state index in [-0.39, 0.29) is 5.91 Å². The summed E-state index contributed by atoms with van der Waals surface area (Å²) < 4.78 is 5.66. The molecule has 4 heteroatoms. The molecule has 0 aromatic heterocycles. The van der Waals surface area contributed by atoms with Crippen molar-refractivity contribution in [3.05, 3.63) is 59.7 Å². The average Bonchev–Trinajstić information content (AvgIpc) is 2.58. The van der Waals surface area contributed by atoms with Gasteiger partial charge in [-0.2, -0.15) is 0 Å². The van der Waals surface area contributed by atoms with Crippen LogP contribution in [0.2, 0.25) is 0 Å². The summed E-state index contributed by atoms with van der Waals surface area (Å²) in [5, 5.41) is 2.94. The first-order valence-electron chi connectivity index (χ1n) is 7.72. The van der Waals surface area contributed by atoms with E-state index in [0.717, 1.165) is 11.3 Å². The van der Waals surface area contributed by atoms with E-state index in [1.165, 1.54) is 4.90 Å². The van der Waals surface area contributed by atoms with E-state index in [1.807, 2.05) is 30.5 Å². The maximum atomic E-state index is 12.3. The lowest BCUT2D eigenvalue weighted by atomic mass is 10.2. The Morgan fingerprint density at radius 3 is 2.57 bits per heavy atom. The number of hydrogen-bond donors (Lipinski definition) is 1. The maximum Gasteiger partial charge on any atom is 0.251 e. The Labute approximate surface area is 142 Å². The number of hydrogen-bond acceptors (Lipinski definition) is 3. The number of carbonyl (C=O) groups is 1. The summed E-state index contributed by atoms with van der Waals surface area (Å²) in [6.45, 7) is 5.36. The van der Waals surface area contributed by atoms with Crippen LogP contribution in [-0.4, -0.2) is 18.8 Å². The molecule has 2 rings (SSSR count). The molecule has 0 saturated heterocycles. The van der Waals surface area contributed by atoms with Crippen LogP contribution in [0.1, 0.15) is 29.8 Å². The van der Waals surface area contributed by atoms with Gasteiger partial charge in [-0.15, -0.1) is 11.8 Å². The Morgan fingerprint density at radius 2 is 1.91 bits per heavy atom. The van der Waals surface area contributed by atoms with E-state index in [9.17, 15) is 4.79 Å². The van der Waals surface area contributed by atoms with E-state index < -0.39 is 0 Å². The predicted octanol–water partition coefficient (Wildman–Crippen LogP) is 4.37. The van der Waals surface area contributed by atoms with Gasteiger partial charge in [-0.1, -0.05) is 32.0 Å². The molecule has 0 saturated carbocycles. The van der Waals surface area contributed by atoms with Crippen molar-refractivity contribution in [1.29, 1.82) is 0 Å². The van der Waals surface area contributed by atoms with Gasteiger partial charge in [0.1, 0.15) is 5.75 Å². The summed E-state index contributed by atoms with van der Waals surface area (Å²) >= 11 is 1.71. The van der Waals surface area contributed by atoms with Crippen LogP contribution in [0, 0.1) is 5.92 Å². The minimum Gasteiger partial charge on any atom is -0.493 e. The van der Waals surface area contributed by atoms with Gasteiger partial charge in [-0.05, 0) is 48.1 Å². The SMILES string of the molecule is CSc1ccc(CNC(=O)c2cccc(OCC(C)C)c2)cc1. The topological polar surface area (TPSA) is 38.3 Å². The number of amides is 1. The van der Waals surface area contributed by atoms with E-state index in [0.29, 0.717) is 24.6 Å². The fraction of sp³-hybridized carbons (Fsp3) is 0.316. The fourth-order valence-corrected chi connectivity index (χ4v) is 2.43. The molecule has 2 aromatic carbocycles. The van der Waals surface area contributed by atoms with Crippen molar-refractivity contribution in [2.45, 2.75) is 25.3 Å². The number of thioether (sulfide) groups is 1. The molecular weight excluding hydrogens is 306 g/mol. The van der Waals surface area contributed by atoms with Crippen LogP contribution in [-0.2, 0) is 6.54 Å². The van der Waals surface area contributed by atoms with Crippen LogP contribution < -0.4 is 10.1 Å². The van der Waals surface area contributed by atoms with Crippen molar-refractivity contribution in [3.63, 3.8) is 0 Å². The second kappa shape index (κ2) is 8.63. The molecular formula is C19H23NO2S. The summed E-state index contributed by atoms with van der Waals surface area (Å²) in [6.07, 6.45) is 2.05. The first kappa shape index (κ1) is 17.4. The number of nitrogens with one attached hydrogen (secondary N) is 1. The van der Waals surface area contributed by atoms with Gasteiger partial charge in [0, 0.05) is 17.0 Å². The summed E-state index contributed by atoms with van der Waals surface area (Å²) in [7, 11) is 0. The van der Waals surface area contributed by atoms with E-state index >= 15 is 0 Å². The third-order valence-electron chi connectivity index (χ3n) is 3.29. The quantitative estimate of drug-likeness (QED) is 0.766. The van der Waals surface area contributed by atoms with Crippen LogP contribution in [0.4, 0.5) is 0 Å². The third-order valence-corrected chi connectivity index (χ3v) is 4.04. The highest BCUT2D eigenvalue weighted by atomic mass is 32.2. The lowest BCUT2D eigenvalue weighted by Crippen LogP contribution is -2.22. The summed E-state index contributed by atoms with van der Waals surface area (Å²) in [5.74, 6) is 1.10. The molecule has 0 atom stereocenters. The lowest BCUT2D eigenvalue weighted by Gasteiger charge is -2.10. The van der Waals surface area contributed by atoms with E-state index in [4.69, 9.17) is 4.74 Å². The molecule has 3 nitrogen and oxygen atoms in total. The Balaban J connectivity index is 1.93. The highest BCUT2D eigenvalue weighted by Crippen LogP contribution is 2.16. The third kappa shape index (κ3) is 5.64. The Kier molecular flexibility index (Phi) is 6.53. The maximum absolute atomic E-state index is 12.3. The van der Waals surface area contributed by atoms with Crippen molar-refractivity contribution in [1.82, 2.24) is 5.32 Å². The standard InChI is InChI=1S/C19H23NO2S/c1-14(2)13-22-17-6-4-5-16(11-17)19(21)20-12-15-7-9-18(23-3)10-8-15/h4-11,14H,12-13H2,1-3H3,(H,20,21). The average molecular weight is 329 g/mol. The van der Waals surface area contributed by atoms with Gasteiger partial charge in [0.05, 0.1) is 6.61 Å².